The molecule has 0 radical (unpaired) electrons. The third-order valence-corrected chi connectivity index (χ3v) is 4.63. The van der Waals surface area contributed by atoms with E-state index in [1.54, 1.807) is 38.1 Å². The van der Waals surface area contributed by atoms with Crippen LogP contribution < -0.4 is 5.32 Å². The first-order chi connectivity index (χ1) is 13.8. The summed E-state index contributed by atoms with van der Waals surface area (Å²) in [7, 11) is 0. The van der Waals surface area contributed by atoms with Crippen molar-refractivity contribution in [2.45, 2.75) is 38.5 Å². The van der Waals surface area contributed by atoms with E-state index in [0.29, 0.717) is 5.02 Å². The molecule has 1 aromatic heterocycles. The van der Waals surface area contributed by atoms with Gasteiger partial charge in [-0.15, -0.1) is 0 Å². The molecular weight excluding hydrogens is 392 g/mol. The Kier molecular flexibility index (Phi) is 6.56. The van der Waals surface area contributed by atoms with Crippen LogP contribution in [0.15, 0.2) is 54.6 Å². The van der Waals surface area contributed by atoms with Gasteiger partial charge in [0, 0.05) is 22.3 Å². The van der Waals surface area contributed by atoms with E-state index in [1.165, 1.54) is 0 Å². The van der Waals surface area contributed by atoms with E-state index in [2.05, 4.69) is 10.3 Å². The maximum Gasteiger partial charge on any atom is 0.331 e. The van der Waals surface area contributed by atoms with Crippen LogP contribution >= 0.6 is 11.6 Å². The monoisotopic (exact) mass is 414 g/mol. The fourth-order valence-corrected chi connectivity index (χ4v) is 3.22. The van der Waals surface area contributed by atoms with Crippen LogP contribution in [-0.4, -0.2) is 40.2 Å². The zero-order valence-corrected chi connectivity index (χ0v) is 16.9. The number of aromatic nitrogens is 1. The number of carbonyl (C=O) groups is 2. The molecule has 2 atom stereocenters. The third kappa shape index (κ3) is 5.37. The maximum atomic E-state index is 12.8. The number of rotatable bonds is 7. The van der Waals surface area contributed by atoms with Gasteiger partial charge in [-0.05, 0) is 43.7 Å². The smallest absolute Gasteiger partial charge is 0.331 e. The Morgan fingerprint density at radius 2 is 1.86 bits per heavy atom. The topological polar surface area (TPSA) is 91.4 Å². The molecule has 0 aliphatic carbocycles. The normalized spacial score (nSPS) is 13.3. The zero-order valence-electron chi connectivity index (χ0n) is 16.2. The van der Waals surface area contributed by atoms with E-state index >= 15 is 0 Å². The van der Waals surface area contributed by atoms with Crippen LogP contribution in [0.1, 0.15) is 29.9 Å². The van der Waals surface area contributed by atoms with E-state index in [1.807, 2.05) is 30.3 Å². The number of hydrogen-bond donors (Lipinski definition) is 3. The van der Waals surface area contributed by atoms with E-state index < -0.39 is 24.0 Å². The number of nitrogens with one attached hydrogen (secondary N) is 2. The van der Waals surface area contributed by atoms with Crippen molar-refractivity contribution in [2.75, 3.05) is 0 Å². The van der Waals surface area contributed by atoms with Gasteiger partial charge in [0.2, 0.25) is 0 Å². The summed E-state index contributed by atoms with van der Waals surface area (Å²) in [5.74, 6) is -1.20. The largest absolute Gasteiger partial charge is 0.461 e. The lowest BCUT2D eigenvalue weighted by atomic mass is 10.0. The second-order valence-electron chi connectivity index (χ2n) is 7.11. The Hall–Kier alpha value is -2.83. The van der Waals surface area contributed by atoms with Crippen LogP contribution in [0.4, 0.5) is 0 Å². The number of aliphatic hydroxyl groups excluding tert-OH is 1. The van der Waals surface area contributed by atoms with Crippen LogP contribution in [0.25, 0.3) is 10.9 Å². The van der Waals surface area contributed by atoms with E-state index in [-0.39, 0.29) is 18.2 Å². The standard InChI is InChI=1S/C22H23ClN2O4/c1-13(2)29-22(28)20(19(26)10-14-6-4-3-5-7-14)25-21(27)18-12-15-11-16(23)8-9-17(15)24-18/h3-9,11-13,19-20,24,26H,10H2,1-2H3,(H,25,27)/t19-,20+/m0/s1. The van der Waals surface area contributed by atoms with Crippen molar-refractivity contribution in [3.8, 4) is 0 Å². The quantitative estimate of drug-likeness (QED) is 0.516. The summed E-state index contributed by atoms with van der Waals surface area (Å²) in [4.78, 5) is 28.3. The first-order valence-electron chi connectivity index (χ1n) is 9.35. The van der Waals surface area contributed by atoms with Crippen LogP contribution in [0.3, 0.4) is 0 Å². The minimum absolute atomic E-state index is 0.196. The molecule has 7 heteroatoms. The number of hydrogen-bond acceptors (Lipinski definition) is 4. The molecule has 3 N–H and O–H groups in total. The van der Waals surface area contributed by atoms with Crippen LogP contribution in [0.2, 0.25) is 5.02 Å². The van der Waals surface area contributed by atoms with Gasteiger partial charge in [0.1, 0.15) is 5.69 Å². The van der Waals surface area contributed by atoms with Crippen molar-refractivity contribution in [3.63, 3.8) is 0 Å². The van der Waals surface area contributed by atoms with E-state index in [9.17, 15) is 14.7 Å². The number of aromatic amines is 1. The molecule has 1 amide bonds. The summed E-state index contributed by atoms with van der Waals surface area (Å²) in [6, 6.07) is 14.9. The summed E-state index contributed by atoms with van der Waals surface area (Å²) in [5, 5.41) is 14.6. The SMILES string of the molecule is CC(C)OC(=O)[C@H](NC(=O)c1cc2cc(Cl)ccc2[nH]1)[C@@H](O)Cc1ccccc1. The van der Waals surface area contributed by atoms with Gasteiger partial charge in [0.25, 0.3) is 5.91 Å². The van der Waals surface area contributed by atoms with Crippen molar-refractivity contribution < 1.29 is 19.4 Å². The Bertz CT molecular complexity index is 1000. The van der Waals surface area contributed by atoms with E-state index in [0.717, 1.165) is 16.5 Å². The molecule has 3 aromatic rings. The molecule has 0 aliphatic heterocycles. The minimum Gasteiger partial charge on any atom is -0.461 e. The summed E-state index contributed by atoms with van der Waals surface area (Å²) >= 11 is 5.99. The fraction of sp³-hybridized carbons (Fsp3) is 0.273. The van der Waals surface area contributed by atoms with Crippen LogP contribution in [0, 0.1) is 0 Å². The summed E-state index contributed by atoms with van der Waals surface area (Å²) in [6.07, 6.45) is -1.33. The molecule has 0 bridgehead atoms. The van der Waals surface area contributed by atoms with Crippen molar-refractivity contribution in [3.05, 3.63) is 70.9 Å². The summed E-state index contributed by atoms with van der Waals surface area (Å²) < 4.78 is 5.24. The second-order valence-corrected chi connectivity index (χ2v) is 7.54. The molecule has 29 heavy (non-hydrogen) atoms. The van der Waals surface area contributed by atoms with Gasteiger partial charge in [0.05, 0.1) is 12.2 Å². The van der Waals surface area contributed by atoms with Gasteiger partial charge in [-0.25, -0.2) is 4.79 Å². The molecule has 3 rings (SSSR count). The molecule has 0 spiro atoms. The number of fused-ring (bicyclic) bond motifs is 1. The fourth-order valence-electron chi connectivity index (χ4n) is 3.04. The molecule has 0 saturated carbocycles. The van der Waals surface area contributed by atoms with Crippen LogP contribution in [0.5, 0.6) is 0 Å². The van der Waals surface area contributed by atoms with Gasteiger partial charge in [0.15, 0.2) is 6.04 Å². The lowest BCUT2D eigenvalue weighted by molar-refractivity contribution is -0.152. The summed E-state index contributed by atoms with van der Waals surface area (Å²) in [6.45, 7) is 3.42. The number of carbonyl (C=O) groups excluding carboxylic acids is 2. The average Bonchev–Trinajstić information content (AvgIpc) is 3.09. The average molecular weight is 415 g/mol. The highest BCUT2D eigenvalue weighted by molar-refractivity contribution is 6.31. The first-order valence-corrected chi connectivity index (χ1v) is 9.73. The van der Waals surface area contributed by atoms with Crippen molar-refractivity contribution >= 4 is 34.4 Å². The van der Waals surface area contributed by atoms with Gasteiger partial charge in [-0.2, -0.15) is 0 Å². The molecule has 0 saturated heterocycles. The zero-order chi connectivity index (χ0) is 21.0. The van der Waals surface area contributed by atoms with Crippen molar-refractivity contribution in [1.82, 2.24) is 10.3 Å². The highest BCUT2D eigenvalue weighted by Crippen LogP contribution is 2.20. The predicted octanol–water partition coefficient (Wildman–Crippen LogP) is 3.47. The lowest BCUT2D eigenvalue weighted by Crippen LogP contribution is -2.50. The van der Waals surface area contributed by atoms with Gasteiger partial charge in [-0.3, -0.25) is 4.79 Å². The molecule has 0 fully saturated rings. The van der Waals surface area contributed by atoms with Crippen LogP contribution in [-0.2, 0) is 16.0 Å². The number of benzene rings is 2. The molecule has 0 unspecified atom stereocenters. The molecule has 6 nitrogen and oxygen atoms in total. The van der Waals surface area contributed by atoms with Gasteiger partial charge in [-0.1, -0.05) is 41.9 Å². The number of ether oxygens (including phenoxy) is 1. The Labute approximate surface area is 173 Å². The van der Waals surface area contributed by atoms with Gasteiger partial charge < -0.3 is 20.1 Å². The van der Waals surface area contributed by atoms with Crippen molar-refractivity contribution in [2.24, 2.45) is 0 Å². The molecule has 1 heterocycles. The first kappa shape index (κ1) is 20.9. The van der Waals surface area contributed by atoms with E-state index in [4.69, 9.17) is 16.3 Å². The molecule has 2 aromatic carbocycles. The number of halogens is 1. The lowest BCUT2D eigenvalue weighted by Gasteiger charge is -2.23. The highest BCUT2D eigenvalue weighted by atomic mass is 35.5. The van der Waals surface area contributed by atoms with Crippen molar-refractivity contribution in [1.29, 1.82) is 0 Å². The number of esters is 1. The number of amides is 1. The maximum absolute atomic E-state index is 12.8. The van der Waals surface area contributed by atoms with Gasteiger partial charge >= 0.3 is 5.97 Å². The Morgan fingerprint density at radius 1 is 1.14 bits per heavy atom. The Balaban J connectivity index is 1.80. The minimum atomic E-state index is -1.21. The third-order valence-electron chi connectivity index (χ3n) is 4.39. The second kappa shape index (κ2) is 9.11. The molecule has 152 valence electrons. The number of aliphatic hydroxyl groups is 1. The summed E-state index contributed by atoms with van der Waals surface area (Å²) in [5.41, 5.74) is 1.85. The predicted molar refractivity (Wildman–Crippen MR) is 112 cm³/mol. The molecule has 0 aliphatic rings. The highest BCUT2D eigenvalue weighted by Gasteiger charge is 2.31. The number of H-pyrrole nitrogens is 1. The molecular formula is C22H23ClN2O4. The Morgan fingerprint density at radius 3 is 2.55 bits per heavy atom.